The second-order valence-electron chi connectivity index (χ2n) is 3.60. The molecule has 16 heavy (non-hydrogen) atoms. The van der Waals surface area contributed by atoms with E-state index in [0.717, 1.165) is 28.6 Å². The van der Waals surface area contributed by atoms with E-state index in [0.29, 0.717) is 6.54 Å². The monoisotopic (exact) mass is 213 g/mol. The van der Waals surface area contributed by atoms with E-state index in [2.05, 4.69) is 0 Å². The third-order valence-electron chi connectivity index (χ3n) is 2.56. The Labute approximate surface area is 93.4 Å². The van der Waals surface area contributed by atoms with E-state index in [9.17, 15) is 0 Å². The molecule has 0 aromatic heterocycles. The number of nitrogens with two attached hydrogens (primary N) is 1. The van der Waals surface area contributed by atoms with E-state index in [1.165, 1.54) is 0 Å². The van der Waals surface area contributed by atoms with Crippen molar-refractivity contribution in [3.05, 3.63) is 48.0 Å². The first kappa shape index (κ1) is 9.24. The molecule has 1 heterocycles. The Balaban J connectivity index is 2.12. The van der Waals surface area contributed by atoms with Crippen molar-refractivity contribution in [2.24, 2.45) is 5.73 Å². The van der Waals surface area contributed by atoms with Crippen molar-refractivity contribution in [1.29, 1.82) is 0 Å². The molecule has 0 bridgehead atoms. The second-order valence-corrected chi connectivity index (χ2v) is 3.60. The Morgan fingerprint density at radius 2 is 1.50 bits per heavy atom. The van der Waals surface area contributed by atoms with Crippen LogP contribution in [0.3, 0.4) is 0 Å². The van der Waals surface area contributed by atoms with Crippen LogP contribution < -0.4 is 15.2 Å². The highest BCUT2D eigenvalue weighted by molar-refractivity contribution is 5.57. The van der Waals surface area contributed by atoms with Gasteiger partial charge in [0.1, 0.15) is 0 Å². The highest BCUT2D eigenvalue weighted by atomic mass is 16.6. The molecule has 0 atom stereocenters. The first-order valence-corrected chi connectivity index (χ1v) is 5.15. The molecule has 3 nitrogen and oxygen atoms in total. The molecule has 0 amide bonds. The Kier molecular flexibility index (Phi) is 2.04. The third kappa shape index (κ3) is 1.33. The first-order chi connectivity index (χ1) is 7.88. The van der Waals surface area contributed by atoms with Crippen molar-refractivity contribution in [2.45, 2.75) is 6.54 Å². The number of hydrogen-bond acceptors (Lipinski definition) is 3. The molecule has 1 aliphatic heterocycles. The molecule has 80 valence electrons. The number of fused-ring (bicyclic) bond motifs is 2. The lowest BCUT2D eigenvalue weighted by Gasteiger charge is -2.22. The largest absolute Gasteiger partial charge is 0.450 e. The normalized spacial score (nSPS) is 12.1. The van der Waals surface area contributed by atoms with Crippen molar-refractivity contribution in [1.82, 2.24) is 0 Å². The van der Waals surface area contributed by atoms with Crippen molar-refractivity contribution in [3.8, 4) is 23.0 Å². The summed E-state index contributed by atoms with van der Waals surface area (Å²) in [5.41, 5.74) is 6.61. The van der Waals surface area contributed by atoms with Crippen LogP contribution in [0.25, 0.3) is 0 Å². The van der Waals surface area contributed by atoms with Gasteiger partial charge in [-0.15, -0.1) is 0 Å². The minimum Gasteiger partial charge on any atom is -0.450 e. The molecule has 0 saturated carbocycles. The Bertz CT molecular complexity index is 537. The summed E-state index contributed by atoms with van der Waals surface area (Å²) in [5.74, 6) is 2.92. The van der Waals surface area contributed by atoms with E-state index in [1.54, 1.807) is 0 Å². The van der Waals surface area contributed by atoms with E-state index < -0.39 is 0 Å². The maximum absolute atomic E-state index is 5.79. The zero-order valence-electron chi connectivity index (χ0n) is 8.64. The van der Waals surface area contributed by atoms with Crippen LogP contribution in [0.1, 0.15) is 5.56 Å². The number of benzene rings is 2. The maximum Gasteiger partial charge on any atom is 0.174 e. The van der Waals surface area contributed by atoms with Crippen LogP contribution in [0.15, 0.2) is 42.5 Å². The predicted octanol–water partition coefficient (Wildman–Crippen LogP) is 3.04. The quantitative estimate of drug-likeness (QED) is 0.675. The molecule has 0 radical (unpaired) electrons. The van der Waals surface area contributed by atoms with Crippen molar-refractivity contribution >= 4 is 0 Å². The smallest absolute Gasteiger partial charge is 0.174 e. The van der Waals surface area contributed by atoms with Crippen LogP contribution >= 0.6 is 0 Å². The van der Waals surface area contributed by atoms with Crippen LogP contribution in [0, 0.1) is 0 Å². The van der Waals surface area contributed by atoms with E-state index in [1.807, 2.05) is 42.5 Å². The average molecular weight is 213 g/mol. The fraction of sp³-hybridized carbons (Fsp3) is 0.0769. The van der Waals surface area contributed by atoms with Crippen LogP contribution in [0.5, 0.6) is 23.0 Å². The van der Waals surface area contributed by atoms with Gasteiger partial charge in [0.15, 0.2) is 23.0 Å². The Hall–Kier alpha value is -2.00. The fourth-order valence-corrected chi connectivity index (χ4v) is 1.77. The summed E-state index contributed by atoms with van der Waals surface area (Å²) in [5, 5.41) is 0. The minimum absolute atomic E-state index is 0.439. The summed E-state index contributed by atoms with van der Waals surface area (Å²) in [4.78, 5) is 0. The van der Waals surface area contributed by atoms with Gasteiger partial charge in [-0.2, -0.15) is 0 Å². The molecular weight excluding hydrogens is 202 g/mol. The van der Waals surface area contributed by atoms with Gasteiger partial charge in [0.2, 0.25) is 0 Å². The number of ether oxygens (including phenoxy) is 2. The Morgan fingerprint density at radius 1 is 0.812 bits per heavy atom. The van der Waals surface area contributed by atoms with Crippen LogP contribution in [0.2, 0.25) is 0 Å². The van der Waals surface area contributed by atoms with Gasteiger partial charge in [-0.05, 0) is 18.2 Å². The lowest BCUT2D eigenvalue weighted by molar-refractivity contribution is 0.356. The molecule has 2 aromatic rings. The number of para-hydroxylation sites is 3. The maximum atomic E-state index is 5.79. The molecule has 3 heteroatoms. The highest BCUT2D eigenvalue weighted by Crippen LogP contribution is 2.46. The SMILES string of the molecule is NCc1cccc2c1Oc1ccccc1O2. The third-order valence-corrected chi connectivity index (χ3v) is 2.56. The summed E-state index contributed by atoms with van der Waals surface area (Å²) in [6.07, 6.45) is 0. The molecule has 2 N–H and O–H groups in total. The lowest BCUT2D eigenvalue weighted by Crippen LogP contribution is -2.04. The van der Waals surface area contributed by atoms with E-state index in [-0.39, 0.29) is 0 Å². The molecule has 0 spiro atoms. The molecule has 2 aromatic carbocycles. The minimum atomic E-state index is 0.439. The summed E-state index contributed by atoms with van der Waals surface area (Å²) in [6.45, 7) is 0.439. The first-order valence-electron chi connectivity index (χ1n) is 5.15. The van der Waals surface area contributed by atoms with Crippen molar-refractivity contribution < 1.29 is 9.47 Å². The van der Waals surface area contributed by atoms with Gasteiger partial charge in [-0.25, -0.2) is 0 Å². The van der Waals surface area contributed by atoms with Gasteiger partial charge in [0.05, 0.1) is 0 Å². The predicted molar refractivity (Wildman–Crippen MR) is 60.9 cm³/mol. The average Bonchev–Trinajstić information content (AvgIpc) is 2.35. The molecular formula is C13H11NO2. The number of hydrogen-bond donors (Lipinski definition) is 1. The van der Waals surface area contributed by atoms with E-state index >= 15 is 0 Å². The zero-order valence-corrected chi connectivity index (χ0v) is 8.64. The molecule has 3 rings (SSSR count). The lowest BCUT2D eigenvalue weighted by atomic mass is 10.1. The molecule has 0 unspecified atom stereocenters. The van der Waals surface area contributed by atoms with Gasteiger partial charge in [0.25, 0.3) is 0 Å². The van der Waals surface area contributed by atoms with Crippen LogP contribution in [-0.4, -0.2) is 0 Å². The standard InChI is InChI=1S/C13H11NO2/c14-8-9-4-3-7-12-13(9)16-11-6-2-1-5-10(11)15-12/h1-7H,8,14H2. The van der Waals surface area contributed by atoms with Gasteiger partial charge in [-0.1, -0.05) is 24.3 Å². The number of rotatable bonds is 1. The fourth-order valence-electron chi connectivity index (χ4n) is 1.77. The van der Waals surface area contributed by atoms with Gasteiger partial charge >= 0.3 is 0 Å². The van der Waals surface area contributed by atoms with Gasteiger partial charge < -0.3 is 15.2 Å². The van der Waals surface area contributed by atoms with Crippen molar-refractivity contribution in [2.75, 3.05) is 0 Å². The summed E-state index contributed by atoms with van der Waals surface area (Å²) < 4.78 is 11.5. The Morgan fingerprint density at radius 3 is 2.25 bits per heavy atom. The molecule has 0 fully saturated rings. The van der Waals surface area contributed by atoms with Crippen molar-refractivity contribution in [3.63, 3.8) is 0 Å². The van der Waals surface area contributed by atoms with E-state index in [4.69, 9.17) is 15.2 Å². The topological polar surface area (TPSA) is 44.5 Å². The second kappa shape index (κ2) is 3.54. The molecule has 0 saturated heterocycles. The van der Waals surface area contributed by atoms with Gasteiger partial charge in [-0.3, -0.25) is 0 Å². The summed E-state index contributed by atoms with van der Waals surface area (Å²) in [6, 6.07) is 13.3. The van der Waals surface area contributed by atoms with Crippen LogP contribution in [0.4, 0.5) is 0 Å². The van der Waals surface area contributed by atoms with Crippen LogP contribution in [-0.2, 0) is 6.54 Å². The molecule has 1 aliphatic rings. The van der Waals surface area contributed by atoms with Gasteiger partial charge in [0, 0.05) is 12.1 Å². The summed E-state index contributed by atoms with van der Waals surface area (Å²) in [7, 11) is 0. The highest BCUT2D eigenvalue weighted by Gasteiger charge is 2.19. The zero-order chi connectivity index (χ0) is 11.0. The molecule has 0 aliphatic carbocycles. The summed E-state index contributed by atoms with van der Waals surface area (Å²) >= 11 is 0.